The van der Waals surface area contributed by atoms with Crippen molar-refractivity contribution in [2.24, 2.45) is 0 Å². The van der Waals surface area contributed by atoms with Crippen LogP contribution in [0.2, 0.25) is 0 Å². The highest BCUT2D eigenvalue weighted by molar-refractivity contribution is 5.91. The first kappa shape index (κ1) is 16.8. The Bertz CT molecular complexity index is 828. The Hall–Kier alpha value is -3.01. The van der Waals surface area contributed by atoms with Gasteiger partial charge in [-0.15, -0.1) is 0 Å². The van der Waals surface area contributed by atoms with Crippen LogP contribution in [0.5, 0.6) is 0 Å². The molecule has 3 rings (SSSR count). The number of benzene rings is 2. The molecule has 0 bridgehead atoms. The lowest BCUT2D eigenvalue weighted by Gasteiger charge is -2.26. The molecule has 0 saturated carbocycles. The summed E-state index contributed by atoms with van der Waals surface area (Å²) in [4.78, 5) is 20.1. The van der Waals surface area contributed by atoms with Crippen molar-refractivity contribution in [3.63, 3.8) is 0 Å². The number of hydrogen-bond acceptors (Lipinski definition) is 3. The van der Waals surface area contributed by atoms with E-state index in [2.05, 4.69) is 65.5 Å². The highest BCUT2D eigenvalue weighted by Crippen LogP contribution is 2.26. The topological polar surface area (TPSA) is 54.9 Å². The Morgan fingerprint density at radius 3 is 2.28 bits per heavy atom. The van der Waals surface area contributed by atoms with Gasteiger partial charge in [0.1, 0.15) is 5.69 Å². The number of aromatic nitrogens is 2. The molecule has 1 N–H and O–H groups in total. The number of carbonyl (C=O) groups excluding carboxylic acids is 1. The van der Waals surface area contributed by atoms with Crippen LogP contribution in [0.25, 0.3) is 11.1 Å². The fourth-order valence-electron chi connectivity index (χ4n) is 2.65. The van der Waals surface area contributed by atoms with Crippen molar-refractivity contribution >= 4 is 5.91 Å². The molecule has 0 fully saturated rings. The van der Waals surface area contributed by atoms with Crippen LogP contribution in [0.1, 0.15) is 29.9 Å². The number of nitrogens with zero attached hydrogens (tertiary/aromatic N) is 2. The number of amides is 1. The van der Waals surface area contributed by atoms with Crippen molar-refractivity contribution in [2.45, 2.75) is 19.3 Å². The van der Waals surface area contributed by atoms with Crippen molar-refractivity contribution in [3.05, 3.63) is 84.4 Å². The molecule has 2 aromatic carbocycles. The minimum Gasteiger partial charge on any atom is -0.350 e. The summed E-state index contributed by atoms with van der Waals surface area (Å²) in [5, 5.41) is 2.94. The van der Waals surface area contributed by atoms with Gasteiger partial charge in [-0.25, -0.2) is 4.98 Å². The van der Waals surface area contributed by atoms with Gasteiger partial charge >= 0.3 is 0 Å². The zero-order valence-corrected chi connectivity index (χ0v) is 14.4. The first-order valence-corrected chi connectivity index (χ1v) is 8.26. The normalized spacial score (nSPS) is 11.1. The van der Waals surface area contributed by atoms with Crippen molar-refractivity contribution in [1.82, 2.24) is 15.3 Å². The van der Waals surface area contributed by atoms with Gasteiger partial charge in [-0.2, -0.15) is 0 Å². The fraction of sp³-hybridized carbons (Fsp3) is 0.190. The predicted molar refractivity (Wildman–Crippen MR) is 99.3 cm³/mol. The van der Waals surface area contributed by atoms with E-state index in [0.29, 0.717) is 12.2 Å². The van der Waals surface area contributed by atoms with Gasteiger partial charge in [0.2, 0.25) is 0 Å². The molecule has 3 aromatic rings. The van der Waals surface area contributed by atoms with Crippen molar-refractivity contribution in [2.75, 3.05) is 6.54 Å². The molecule has 1 amide bonds. The molecule has 0 aliphatic rings. The molecule has 0 aliphatic carbocycles. The largest absolute Gasteiger partial charge is 0.350 e. The third-order valence-corrected chi connectivity index (χ3v) is 4.26. The van der Waals surface area contributed by atoms with Crippen molar-refractivity contribution in [1.29, 1.82) is 0 Å². The molecule has 126 valence electrons. The molecule has 25 heavy (non-hydrogen) atoms. The monoisotopic (exact) mass is 331 g/mol. The summed E-state index contributed by atoms with van der Waals surface area (Å²) in [6.07, 6.45) is 4.54. The molecule has 0 radical (unpaired) electrons. The summed E-state index contributed by atoms with van der Waals surface area (Å²) >= 11 is 0. The molecular formula is C21H21N3O. The average molecular weight is 331 g/mol. The van der Waals surface area contributed by atoms with Crippen LogP contribution in [0, 0.1) is 0 Å². The summed E-state index contributed by atoms with van der Waals surface area (Å²) < 4.78 is 0. The lowest BCUT2D eigenvalue weighted by Crippen LogP contribution is -2.37. The maximum Gasteiger partial charge on any atom is 0.271 e. The van der Waals surface area contributed by atoms with E-state index in [-0.39, 0.29) is 11.3 Å². The van der Waals surface area contributed by atoms with Crippen LogP contribution in [0.3, 0.4) is 0 Å². The maximum absolute atomic E-state index is 12.1. The van der Waals surface area contributed by atoms with E-state index in [4.69, 9.17) is 0 Å². The van der Waals surface area contributed by atoms with E-state index >= 15 is 0 Å². The van der Waals surface area contributed by atoms with Gasteiger partial charge in [-0.05, 0) is 16.7 Å². The van der Waals surface area contributed by atoms with Gasteiger partial charge in [-0.1, -0.05) is 68.4 Å². The highest BCUT2D eigenvalue weighted by Gasteiger charge is 2.22. The third kappa shape index (κ3) is 4.10. The van der Waals surface area contributed by atoms with Gasteiger partial charge in [-0.3, -0.25) is 9.78 Å². The van der Waals surface area contributed by atoms with Gasteiger partial charge in [0.05, 0.1) is 6.20 Å². The van der Waals surface area contributed by atoms with E-state index < -0.39 is 0 Å². The zero-order valence-electron chi connectivity index (χ0n) is 14.4. The Morgan fingerprint density at radius 1 is 0.960 bits per heavy atom. The molecule has 1 aromatic heterocycles. The third-order valence-electron chi connectivity index (χ3n) is 4.26. The summed E-state index contributed by atoms with van der Waals surface area (Å²) in [6.45, 7) is 4.75. The predicted octanol–water partition coefficient (Wildman–Crippen LogP) is 3.85. The second-order valence-corrected chi connectivity index (χ2v) is 6.60. The zero-order chi connectivity index (χ0) is 17.7. The van der Waals surface area contributed by atoms with Gasteiger partial charge < -0.3 is 5.32 Å². The minimum absolute atomic E-state index is 0.187. The van der Waals surface area contributed by atoms with Crippen LogP contribution in [0.15, 0.2) is 73.2 Å². The van der Waals surface area contributed by atoms with Gasteiger partial charge in [0.15, 0.2) is 0 Å². The second kappa shape index (κ2) is 7.26. The minimum atomic E-state index is -0.206. The van der Waals surface area contributed by atoms with E-state index in [0.717, 1.165) is 0 Å². The lowest BCUT2D eigenvalue weighted by atomic mass is 9.84. The first-order valence-electron chi connectivity index (χ1n) is 8.26. The number of carbonyl (C=O) groups is 1. The second-order valence-electron chi connectivity index (χ2n) is 6.60. The van der Waals surface area contributed by atoms with Crippen LogP contribution < -0.4 is 5.32 Å². The molecule has 0 aliphatic heterocycles. The maximum atomic E-state index is 12.1. The van der Waals surface area contributed by atoms with Crippen molar-refractivity contribution < 1.29 is 4.79 Å². The summed E-state index contributed by atoms with van der Waals surface area (Å²) in [5.41, 5.74) is 3.70. The molecule has 0 atom stereocenters. The average Bonchev–Trinajstić information content (AvgIpc) is 2.68. The molecule has 0 unspecified atom stereocenters. The Labute approximate surface area is 148 Å². The molecule has 0 saturated heterocycles. The van der Waals surface area contributed by atoms with Crippen LogP contribution in [0.4, 0.5) is 0 Å². The molecule has 1 heterocycles. The van der Waals surface area contributed by atoms with E-state index in [1.54, 1.807) is 6.20 Å². The summed E-state index contributed by atoms with van der Waals surface area (Å²) in [6, 6.07) is 18.8. The summed E-state index contributed by atoms with van der Waals surface area (Å²) in [7, 11) is 0. The first-order chi connectivity index (χ1) is 12.1. The Kier molecular flexibility index (Phi) is 4.89. The van der Waals surface area contributed by atoms with Crippen LogP contribution in [-0.2, 0) is 5.41 Å². The lowest BCUT2D eigenvalue weighted by molar-refractivity contribution is 0.0940. The van der Waals surface area contributed by atoms with Crippen molar-refractivity contribution in [3.8, 4) is 11.1 Å². The Balaban J connectivity index is 1.68. The number of rotatable bonds is 5. The SMILES string of the molecule is CC(C)(CNC(=O)c1cnccn1)c1ccc(-c2ccccc2)cc1. The van der Waals surface area contributed by atoms with Crippen LogP contribution >= 0.6 is 0 Å². The van der Waals surface area contributed by atoms with Crippen LogP contribution in [-0.4, -0.2) is 22.4 Å². The highest BCUT2D eigenvalue weighted by atomic mass is 16.1. The van der Waals surface area contributed by atoms with Gasteiger partial charge in [0, 0.05) is 24.4 Å². The Morgan fingerprint density at radius 2 is 1.64 bits per heavy atom. The fourth-order valence-corrected chi connectivity index (χ4v) is 2.65. The molecule has 0 spiro atoms. The van der Waals surface area contributed by atoms with E-state index in [1.165, 1.54) is 29.1 Å². The molecule has 4 nitrogen and oxygen atoms in total. The van der Waals surface area contributed by atoms with Gasteiger partial charge in [0.25, 0.3) is 5.91 Å². The number of nitrogens with one attached hydrogen (secondary N) is 1. The smallest absolute Gasteiger partial charge is 0.271 e. The quantitative estimate of drug-likeness (QED) is 0.772. The standard InChI is InChI=1S/C21H21N3O/c1-21(2,15-24-20(25)19-14-22-12-13-23-19)18-10-8-17(9-11-18)16-6-4-3-5-7-16/h3-14H,15H2,1-2H3,(H,24,25). The van der Waals surface area contributed by atoms with E-state index in [9.17, 15) is 4.79 Å². The molecule has 4 heteroatoms. The van der Waals surface area contributed by atoms with E-state index in [1.807, 2.05) is 18.2 Å². The number of hydrogen-bond donors (Lipinski definition) is 1. The molecular weight excluding hydrogens is 310 g/mol. The summed E-state index contributed by atoms with van der Waals surface area (Å²) in [5.74, 6) is -0.206.